The van der Waals surface area contributed by atoms with Crippen LogP contribution in [-0.2, 0) is 10.4 Å². The maximum atomic E-state index is 6.14. The zero-order valence-corrected chi connectivity index (χ0v) is 13.8. The minimum atomic E-state index is -0.369. The van der Waals surface area contributed by atoms with Crippen molar-refractivity contribution >= 4 is 0 Å². The third-order valence-electron chi connectivity index (χ3n) is 4.26. The number of aryl methyl sites for hydroxylation is 1. The Morgan fingerprint density at radius 2 is 1.73 bits per heavy atom. The third-order valence-corrected chi connectivity index (χ3v) is 4.26. The molecular formula is C19H25NO2. The molecule has 2 aromatic rings. The largest absolute Gasteiger partial charge is 0.491 e. The summed E-state index contributed by atoms with van der Waals surface area (Å²) in [7, 11) is 1.64. The van der Waals surface area contributed by atoms with Gasteiger partial charge in [0.05, 0.1) is 7.11 Å². The highest BCUT2D eigenvalue weighted by Gasteiger charge is 2.31. The Bertz CT molecular complexity index is 598. The van der Waals surface area contributed by atoms with Crippen molar-refractivity contribution in [2.75, 3.05) is 13.7 Å². The SMILES string of the molecule is CCC(COc1cccc(C)c1C)(NOC)c1ccccc1. The fourth-order valence-electron chi connectivity index (χ4n) is 2.58. The lowest BCUT2D eigenvalue weighted by atomic mass is 9.89. The summed E-state index contributed by atoms with van der Waals surface area (Å²) in [4.78, 5) is 5.27. The van der Waals surface area contributed by atoms with Crippen molar-refractivity contribution in [2.45, 2.75) is 32.7 Å². The number of hydroxylamine groups is 1. The van der Waals surface area contributed by atoms with E-state index in [1.807, 2.05) is 30.3 Å². The van der Waals surface area contributed by atoms with E-state index < -0.39 is 0 Å². The van der Waals surface area contributed by atoms with Crippen molar-refractivity contribution in [3.8, 4) is 5.75 Å². The highest BCUT2D eigenvalue weighted by molar-refractivity contribution is 5.38. The summed E-state index contributed by atoms with van der Waals surface area (Å²) in [6, 6.07) is 16.4. The standard InChI is InChI=1S/C19H25NO2/c1-5-19(20-21-4,17-11-7-6-8-12-17)14-22-18-13-9-10-15(2)16(18)3/h6-13,20H,5,14H2,1-4H3. The molecule has 0 aromatic heterocycles. The zero-order valence-electron chi connectivity index (χ0n) is 13.8. The van der Waals surface area contributed by atoms with Crippen molar-refractivity contribution in [1.29, 1.82) is 0 Å². The van der Waals surface area contributed by atoms with Crippen molar-refractivity contribution < 1.29 is 9.57 Å². The first-order chi connectivity index (χ1) is 10.6. The molecule has 0 bridgehead atoms. The van der Waals surface area contributed by atoms with Gasteiger partial charge in [0.25, 0.3) is 0 Å². The maximum Gasteiger partial charge on any atom is 0.122 e. The van der Waals surface area contributed by atoms with E-state index in [1.165, 1.54) is 11.1 Å². The maximum absolute atomic E-state index is 6.14. The molecule has 0 spiro atoms. The molecular weight excluding hydrogens is 274 g/mol. The molecule has 2 rings (SSSR count). The minimum absolute atomic E-state index is 0.369. The molecule has 1 atom stereocenters. The van der Waals surface area contributed by atoms with Gasteiger partial charge in [0.15, 0.2) is 0 Å². The Balaban J connectivity index is 2.26. The first kappa shape index (κ1) is 16.5. The average molecular weight is 299 g/mol. The molecule has 0 saturated heterocycles. The van der Waals surface area contributed by atoms with E-state index in [9.17, 15) is 0 Å². The van der Waals surface area contributed by atoms with Gasteiger partial charge < -0.3 is 9.57 Å². The molecule has 0 radical (unpaired) electrons. The lowest BCUT2D eigenvalue weighted by Crippen LogP contribution is -2.46. The van der Waals surface area contributed by atoms with Crippen LogP contribution in [0.25, 0.3) is 0 Å². The van der Waals surface area contributed by atoms with Gasteiger partial charge in [-0.3, -0.25) is 0 Å². The van der Waals surface area contributed by atoms with Gasteiger partial charge in [-0.25, -0.2) is 0 Å². The number of hydrogen-bond donors (Lipinski definition) is 1. The predicted octanol–water partition coefficient (Wildman–Crippen LogP) is 4.14. The molecule has 1 N–H and O–H groups in total. The second kappa shape index (κ2) is 7.43. The summed E-state index contributed by atoms with van der Waals surface area (Å²) in [5.41, 5.74) is 6.34. The second-order valence-corrected chi connectivity index (χ2v) is 5.59. The monoisotopic (exact) mass is 299 g/mol. The van der Waals surface area contributed by atoms with Crippen LogP contribution in [0, 0.1) is 13.8 Å². The molecule has 0 amide bonds. The Morgan fingerprint density at radius 1 is 1.00 bits per heavy atom. The molecule has 0 fully saturated rings. The summed E-state index contributed by atoms with van der Waals surface area (Å²) >= 11 is 0. The predicted molar refractivity (Wildman–Crippen MR) is 90.0 cm³/mol. The molecule has 118 valence electrons. The lowest BCUT2D eigenvalue weighted by Gasteiger charge is -2.33. The summed E-state index contributed by atoms with van der Waals surface area (Å²) in [6.45, 7) is 6.82. The lowest BCUT2D eigenvalue weighted by molar-refractivity contribution is -0.0146. The van der Waals surface area contributed by atoms with Gasteiger partial charge in [-0.2, -0.15) is 5.48 Å². The van der Waals surface area contributed by atoms with Crippen LogP contribution in [0.5, 0.6) is 5.75 Å². The van der Waals surface area contributed by atoms with Crippen molar-refractivity contribution in [3.05, 3.63) is 65.2 Å². The number of ether oxygens (including phenoxy) is 1. The summed E-state index contributed by atoms with van der Waals surface area (Å²) in [5.74, 6) is 0.923. The van der Waals surface area contributed by atoms with Crippen LogP contribution < -0.4 is 10.2 Å². The molecule has 1 unspecified atom stereocenters. The first-order valence-corrected chi connectivity index (χ1v) is 7.67. The van der Waals surface area contributed by atoms with Crippen LogP contribution >= 0.6 is 0 Å². The van der Waals surface area contributed by atoms with E-state index >= 15 is 0 Å². The van der Waals surface area contributed by atoms with Crippen LogP contribution in [0.1, 0.15) is 30.0 Å². The molecule has 2 aromatic carbocycles. The highest BCUT2D eigenvalue weighted by atomic mass is 16.6. The van der Waals surface area contributed by atoms with Gasteiger partial charge in [0, 0.05) is 0 Å². The summed E-state index contributed by atoms with van der Waals surface area (Å²) in [6.07, 6.45) is 0.857. The van der Waals surface area contributed by atoms with E-state index in [1.54, 1.807) is 7.11 Å². The Morgan fingerprint density at radius 3 is 2.36 bits per heavy atom. The Kier molecular flexibility index (Phi) is 5.58. The van der Waals surface area contributed by atoms with E-state index in [2.05, 4.69) is 44.5 Å². The van der Waals surface area contributed by atoms with E-state index in [-0.39, 0.29) is 5.54 Å². The van der Waals surface area contributed by atoms with E-state index in [0.29, 0.717) is 6.61 Å². The van der Waals surface area contributed by atoms with Crippen molar-refractivity contribution in [2.24, 2.45) is 0 Å². The molecule has 0 heterocycles. The molecule has 3 heteroatoms. The van der Waals surface area contributed by atoms with Gasteiger partial charge in [0.1, 0.15) is 17.9 Å². The van der Waals surface area contributed by atoms with Crippen molar-refractivity contribution in [1.82, 2.24) is 5.48 Å². The number of nitrogens with one attached hydrogen (secondary N) is 1. The minimum Gasteiger partial charge on any atom is -0.491 e. The topological polar surface area (TPSA) is 30.5 Å². The quantitative estimate of drug-likeness (QED) is 0.779. The Hall–Kier alpha value is -1.84. The van der Waals surface area contributed by atoms with E-state index in [0.717, 1.165) is 17.7 Å². The molecule has 0 aliphatic rings. The van der Waals surface area contributed by atoms with Gasteiger partial charge in [-0.05, 0) is 43.0 Å². The van der Waals surface area contributed by atoms with Gasteiger partial charge in [0.2, 0.25) is 0 Å². The van der Waals surface area contributed by atoms with Crippen LogP contribution in [-0.4, -0.2) is 13.7 Å². The molecule has 0 aliphatic carbocycles. The van der Waals surface area contributed by atoms with Crippen LogP contribution in [0.15, 0.2) is 48.5 Å². The zero-order chi connectivity index (χ0) is 16.0. The van der Waals surface area contributed by atoms with Gasteiger partial charge in [-0.15, -0.1) is 0 Å². The average Bonchev–Trinajstić information content (AvgIpc) is 2.56. The number of rotatable bonds is 7. The highest BCUT2D eigenvalue weighted by Crippen LogP contribution is 2.28. The normalized spacial score (nSPS) is 13.6. The first-order valence-electron chi connectivity index (χ1n) is 7.67. The van der Waals surface area contributed by atoms with Crippen LogP contribution in [0.4, 0.5) is 0 Å². The molecule has 22 heavy (non-hydrogen) atoms. The summed E-state index contributed by atoms with van der Waals surface area (Å²) in [5, 5.41) is 0. The van der Waals surface area contributed by atoms with Gasteiger partial charge in [-0.1, -0.05) is 49.4 Å². The van der Waals surface area contributed by atoms with Gasteiger partial charge >= 0.3 is 0 Å². The third kappa shape index (κ3) is 3.49. The smallest absolute Gasteiger partial charge is 0.122 e. The summed E-state index contributed by atoms with van der Waals surface area (Å²) < 4.78 is 6.14. The second-order valence-electron chi connectivity index (χ2n) is 5.59. The fourth-order valence-corrected chi connectivity index (χ4v) is 2.58. The molecule has 3 nitrogen and oxygen atoms in total. The number of benzene rings is 2. The molecule has 0 saturated carbocycles. The Labute approximate surface area is 133 Å². The van der Waals surface area contributed by atoms with E-state index in [4.69, 9.17) is 9.57 Å². The van der Waals surface area contributed by atoms with Crippen LogP contribution in [0.3, 0.4) is 0 Å². The molecule has 0 aliphatic heterocycles. The fraction of sp³-hybridized carbons (Fsp3) is 0.368. The van der Waals surface area contributed by atoms with Crippen LogP contribution in [0.2, 0.25) is 0 Å². The number of hydrogen-bond acceptors (Lipinski definition) is 3. The van der Waals surface area contributed by atoms with Crippen molar-refractivity contribution in [3.63, 3.8) is 0 Å².